The van der Waals surface area contributed by atoms with Crippen LogP contribution < -0.4 is 24.4 Å². The van der Waals surface area contributed by atoms with Gasteiger partial charge < -0.3 is 39.3 Å². The van der Waals surface area contributed by atoms with E-state index in [0.29, 0.717) is 39.4 Å². The molecule has 0 spiro atoms. The van der Waals surface area contributed by atoms with Crippen LogP contribution in [0.15, 0.2) is 18.2 Å². The second kappa shape index (κ2) is 9.02. The summed E-state index contributed by atoms with van der Waals surface area (Å²) in [6.45, 7) is 1.55. The number of rotatable bonds is 6. The number of alkyl halides is 1. The molecule has 3 aromatic rings. The molecule has 2 aromatic carbocycles. The minimum Gasteiger partial charge on any atom is -0.506 e. The minimum absolute atomic E-state index is 0.102. The van der Waals surface area contributed by atoms with E-state index in [1.807, 2.05) is 0 Å². The first-order valence-corrected chi connectivity index (χ1v) is 12.2. The van der Waals surface area contributed by atoms with Crippen molar-refractivity contribution in [1.82, 2.24) is 4.98 Å². The zero-order valence-corrected chi connectivity index (χ0v) is 22.1. The number of hydrogen-bond acceptors (Lipinski definition) is 9. The molecule has 12 heteroatoms. The van der Waals surface area contributed by atoms with Crippen LogP contribution in [0.3, 0.4) is 0 Å². The Kier molecular flexibility index (Phi) is 6.06. The zero-order valence-electron chi connectivity index (χ0n) is 21.4. The maximum Gasteiger partial charge on any atom is 0.339 e. The Morgan fingerprint density at radius 1 is 1.13 bits per heavy atom. The molecule has 0 saturated heterocycles. The van der Waals surface area contributed by atoms with E-state index in [0.717, 1.165) is 0 Å². The van der Waals surface area contributed by atoms with Gasteiger partial charge >= 0.3 is 5.97 Å². The van der Waals surface area contributed by atoms with Gasteiger partial charge in [0.05, 0.1) is 50.9 Å². The standard InChI is InChI=1S/C26H26ClN3O8/c1-26(25(34)38-5)23(32)18-17-12(9-27)10-30(14(17)8-15(31)20(18)29-26)24(33)13-6-11-7-16(35-2)21(36-3)22(37-4)19(11)28-13/h6-8,12,28-29,31H,9-10H2,1-5H3/t12-,26-/m1/s1. The van der Waals surface area contributed by atoms with Gasteiger partial charge in [-0.15, -0.1) is 11.6 Å². The lowest BCUT2D eigenvalue weighted by atomic mass is 9.89. The van der Waals surface area contributed by atoms with Crippen LogP contribution in [-0.2, 0) is 9.53 Å². The predicted molar refractivity (Wildman–Crippen MR) is 140 cm³/mol. The zero-order chi connectivity index (χ0) is 27.5. The molecule has 38 heavy (non-hydrogen) atoms. The highest BCUT2D eigenvalue weighted by molar-refractivity contribution is 6.27. The summed E-state index contributed by atoms with van der Waals surface area (Å²) in [6, 6.07) is 4.78. The highest BCUT2D eigenvalue weighted by atomic mass is 35.5. The van der Waals surface area contributed by atoms with Crippen LogP contribution in [0.1, 0.15) is 39.3 Å². The molecule has 11 nitrogen and oxygen atoms in total. The molecular weight excluding hydrogens is 518 g/mol. The summed E-state index contributed by atoms with van der Waals surface area (Å²) >= 11 is 6.30. The van der Waals surface area contributed by atoms with Crippen LogP contribution in [0.4, 0.5) is 11.4 Å². The van der Waals surface area contributed by atoms with Crippen molar-refractivity contribution >= 4 is 51.5 Å². The molecule has 0 radical (unpaired) electrons. The smallest absolute Gasteiger partial charge is 0.339 e. The Bertz CT molecular complexity index is 1520. The number of carbonyl (C=O) groups excluding carboxylic acids is 3. The quantitative estimate of drug-likeness (QED) is 0.185. The molecule has 3 heterocycles. The van der Waals surface area contributed by atoms with Gasteiger partial charge in [-0.1, -0.05) is 0 Å². The number of ketones is 1. The lowest BCUT2D eigenvalue weighted by Gasteiger charge is -2.20. The van der Waals surface area contributed by atoms with Gasteiger partial charge in [0.25, 0.3) is 5.91 Å². The van der Waals surface area contributed by atoms with Crippen LogP contribution in [0.5, 0.6) is 23.0 Å². The second-order valence-electron chi connectivity index (χ2n) is 9.21. The average Bonchev–Trinajstić information content (AvgIpc) is 3.59. The normalized spacial score (nSPS) is 19.7. The fourth-order valence-corrected chi connectivity index (χ4v) is 5.56. The number of anilines is 2. The Morgan fingerprint density at radius 2 is 1.84 bits per heavy atom. The monoisotopic (exact) mass is 543 g/mol. The topological polar surface area (TPSA) is 139 Å². The van der Waals surface area contributed by atoms with Gasteiger partial charge in [0, 0.05) is 29.8 Å². The lowest BCUT2D eigenvalue weighted by Crippen LogP contribution is -2.47. The number of benzene rings is 2. The third-order valence-corrected chi connectivity index (χ3v) is 7.53. The number of carbonyl (C=O) groups is 3. The Balaban J connectivity index is 1.62. The highest BCUT2D eigenvalue weighted by Gasteiger charge is 2.53. The number of esters is 1. The molecule has 3 N–H and O–H groups in total. The van der Waals surface area contributed by atoms with Crippen molar-refractivity contribution in [3.8, 4) is 23.0 Å². The fraction of sp³-hybridized carbons (Fsp3) is 0.346. The number of methoxy groups -OCH3 is 4. The predicted octanol–water partition coefficient (Wildman–Crippen LogP) is 3.42. The van der Waals surface area contributed by atoms with Crippen molar-refractivity contribution in [3.63, 3.8) is 0 Å². The third-order valence-electron chi connectivity index (χ3n) is 7.16. The molecule has 1 aromatic heterocycles. The molecule has 200 valence electrons. The Hall–Kier alpha value is -4.12. The van der Waals surface area contributed by atoms with E-state index in [9.17, 15) is 19.5 Å². The second-order valence-corrected chi connectivity index (χ2v) is 9.52. The van der Waals surface area contributed by atoms with Gasteiger partial charge in [-0.05, 0) is 24.6 Å². The summed E-state index contributed by atoms with van der Waals surface area (Å²) in [7, 11) is 5.65. The first-order valence-electron chi connectivity index (χ1n) is 11.7. The Morgan fingerprint density at radius 3 is 2.45 bits per heavy atom. The summed E-state index contributed by atoms with van der Waals surface area (Å²) in [5.41, 5.74) is 0.113. The number of amides is 1. The van der Waals surface area contributed by atoms with Crippen LogP contribution in [-0.4, -0.2) is 74.2 Å². The van der Waals surface area contributed by atoms with Gasteiger partial charge in [-0.25, -0.2) is 4.79 Å². The molecule has 0 saturated carbocycles. The van der Waals surface area contributed by atoms with Crippen LogP contribution in [0.25, 0.3) is 10.9 Å². The highest BCUT2D eigenvalue weighted by Crippen LogP contribution is 2.51. The van der Waals surface area contributed by atoms with Gasteiger partial charge in [0.2, 0.25) is 11.5 Å². The fourth-order valence-electron chi connectivity index (χ4n) is 5.31. The minimum atomic E-state index is -1.72. The van der Waals surface area contributed by atoms with E-state index < -0.39 is 29.1 Å². The summed E-state index contributed by atoms with van der Waals surface area (Å²) in [5, 5.41) is 14.3. The summed E-state index contributed by atoms with van der Waals surface area (Å²) < 4.78 is 21.2. The van der Waals surface area contributed by atoms with E-state index in [1.165, 1.54) is 46.3 Å². The first kappa shape index (κ1) is 25.5. The number of phenols is 1. The van der Waals surface area contributed by atoms with E-state index in [-0.39, 0.29) is 35.1 Å². The van der Waals surface area contributed by atoms with Gasteiger partial charge in [-0.3, -0.25) is 9.59 Å². The average molecular weight is 544 g/mol. The van der Waals surface area contributed by atoms with Crippen molar-refractivity contribution in [2.24, 2.45) is 0 Å². The van der Waals surface area contributed by atoms with Crippen LogP contribution in [0.2, 0.25) is 0 Å². The molecule has 2 atom stereocenters. The summed E-state index contributed by atoms with van der Waals surface area (Å²) in [5.74, 6) is -1.19. The molecule has 0 unspecified atom stereocenters. The van der Waals surface area contributed by atoms with Crippen molar-refractivity contribution < 1.29 is 38.4 Å². The first-order chi connectivity index (χ1) is 18.1. The van der Waals surface area contributed by atoms with Crippen molar-refractivity contribution in [2.75, 3.05) is 51.1 Å². The Labute approximate surface area is 222 Å². The molecule has 5 rings (SSSR count). The van der Waals surface area contributed by atoms with Crippen molar-refractivity contribution in [2.45, 2.75) is 18.4 Å². The molecule has 2 aliphatic heterocycles. The van der Waals surface area contributed by atoms with E-state index >= 15 is 0 Å². The number of ether oxygens (including phenoxy) is 4. The number of nitrogens with one attached hydrogen (secondary N) is 2. The number of aromatic hydroxyl groups is 1. The maximum atomic E-state index is 13.8. The summed E-state index contributed by atoms with van der Waals surface area (Å²) in [6.07, 6.45) is 0. The number of fused-ring (bicyclic) bond motifs is 4. The van der Waals surface area contributed by atoms with Crippen molar-refractivity contribution in [3.05, 3.63) is 35.0 Å². The molecular formula is C26H26ClN3O8. The number of phenolic OH excluding ortho intramolecular Hbond substituents is 1. The number of hydrogen-bond donors (Lipinski definition) is 3. The third kappa shape index (κ3) is 3.38. The number of Topliss-reactive ketones (excluding diaryl/α,β-unsaturated/α-hetero) is 1. The van der Waals surface area contributed by atoms with E-state index in [2.05, 4.69) is 10.3 Å². The number of halogens is 1. The lowest BCUT2D eigenvalue weighted by molar-refractivity contribution is -0.143. The van der Waals surface area contributed by atoms with Crippen LogP contribution in [0, 0.1) is 0 Å². The molecule has 0 bridgehead atoms. The molecule has 0 fully saturated rings. The van der Waals surface area contributed by atoms with E-state index in [4.69, 9.17) is 30.5 Å². The molecule has 2 aliphatic rings. The van der Waals surface area contributed by atoms with Gasteiger partial charge in [-0.2, -0.15) is 0 Å². The molecule has 0 aliphatic carbocycles. The van der Waals surface area contributed by atoms with E-state index in [1.54, 1.807) is 12.1 Å². The van der Waals surface area contributed by atoms with Gasteiger partial charge in [0.1, 0.15) is 11.4 Å². The summed E-state index contributed by atoms with van der Waals surface area (Å²) in [4.78, 5) is 44.3. The number of aromatic nitrogens is 1. The number of H-pyrrole nitrogens is 1. The molecule has 1 amide bonds. The van der Waals surface area contributed by atoms with Crippen LogP contribution >= 0.6 is 11.6 Å². The number of nitrogens with zero attached hydrogens (tertiary/aromatic N) is 1. The number of aromatic amines is 1. The van der Waals surface area contributed by atoms with Crippen molar-refractivity contribution in [1.29, 1.82) is 0 Å². The maximum absolute atomic E-state index is 13.8. The SMILES string of the molecule is COC(=O)[C@]1(C)Nc2c(O)cc3c(c2C1=O)[C@H](CCl)CN3C(=O)c1cc2cc(OC)c(OC)c(OC)c2[nH]1. The van der Waals surface area contributed by atoms with Gasteiger partial charge in [0.15, 0.2) is 17.0 Å². The largest absolute Gasteiger partial charge is 0.506 e.